The molecule has 2 rings (SSSR count). The van der Waals surface area contributed by atoms with Crippen molar-refractivity contribution in [2.24, 2.45) is 11.7 Å². The maximum absolute atomic E-state index is 12.5. The Hall–Kier alpha value is -2.73. The van der Waals surface area contributed by atoms with Crippen LogP contribution in [-0.2, 0) is 0 Å². The predicted octanol–water partition coefficient (Wildman–Crippen LogP) is 3.32. The summed E-state index contributed by atoms with van der Waals surface area (Å²) in [7, 11) is 1.55. The number of rotatable bonds is 9. The molecule has 0 fully saturated rings. The number of carbonyl (C=O) groups is 1. The van der Waals surface area contributed by atoms with Gasteiger partial charge in [0.05, 0.1) is 13.7 Å². The molecule has 0 aromatic heterocycles. The molecule has 0 spiro atoms. The summed E-state index contributed by atoms with van der Waals surface area (Å²) in [4.78, 5) is 12.5. The molecule has 3 N–H and O–H groups in total. The van der Waals surface area contributed by atoms with Crippen molar-refractivity contribution in [2.75, 3.05) is 32.2 Å². The summed E-state index contributed by atoms with van der Waals surface area (Å²) in [6.07, 6.45) is 0. The number of ether oxygens (including phenoxy) is 3. The highest BCUT2D eigenvalue weighted by atomic mass is 16.5. The van der Waals surface area contributed by atoms with Crippen LogP contribution in [0.3, 0.4) is 0 Å². The Morgan fingerprint density at radius 2 is 1.81 bits per heavy atom. The van der Waals surface area contributed by atoms with Crippen molar-refractivity contribution in [2.45, 2.75) is 13.8 Å². The molecule has 1 amide bonds. The van der Waals surface area contributed by atoms with Crippen molar-refractivity contribution in [1.29, 1.82) is 0 Å². The number of amides is 1. The summed E-state index contributed by atoms with van der Waals surface area (Å²) in [6, 6.07) is 12.3. The second kappa shape index (κ2) is 9.68. The van der Waals surface area contributed by atoms with Crippen LogP contribution >= 0.6 is 0 Å². The van der Waals surface area contributed by atoms with Crippen LogP contribution in [0.2, 0.25) is 0 Å². The molecular weight excluding hydrogens is 332 g/mol. The molecule has 0 atom stereocenters. The Labute approximate surface area is 154 Å². The zero-order valence-electron chi connectivity index (χ0n) is 15.5. The first-order chi connectivity index (χ1) is 12.5. The molecule has 6 heteroatoms. The van der Waals surface area contributed by atoms with E-state index in [4.69, 9.17) is 19.9 Å². The third-order valence-corrected chi connectivity index (χ3v) is 3.50. The largest absolute Gasteiger partial charge is 0.493 e. The minimum absolute atomic E-state index is 0.227. The fourth-order valence-corrected chi connectivity index (χ4v) is 2.20. The van der Waals surface area contributed by atoms with Crippen LogP contribution in [0.25, 0.3) is 0 Å². The summed E-state index contributed by atoms with van der Waals surface area (Å²) in [6.45, 7) is 5.63. The van der Waals surface area contributed by atoms with Crippen molar-refractivity contribution < 1.29 is 19.0 Å². The van der Waals surface area contributed by atoms with Crippen molar-refractivity contribution in [3.63, 3.8) is 0 Å². The lowest BCUT2D eigenvalue weighted by molar-refractivity contribution is 0.102. The van der Waals surface area contributed by atoms with E-state index >= 15 is 0 Å². The molecule has 26 heavy (non-hydrogen) atoms. The second-order valence-corrected chi connectivity index (χ2v) is 6.19. The minimum atomic E-state index is -0.227. The SMILES string of the molecule is COc1cc(C(=O)Nc2ccc(OCCN)cc2)ccc1OCC(C)C. The van der Waals surface area contributed by atoms with Crippen molar-refractivity contribution in [3.05, 3.63) is 48.0 Å². The smallest absolute Gasteiger partial charge is 0.255 e. The average molecular weight is 358 g/mol. The molecule has 0 aliphatic rings. The van der Waals surface area contributed by atoms with Crippen molar-refractivity contribution >= 4 is 11.6 Å². The molecule has 2 aromatic carbocycles. The molecule has 2 aromatic rings. The Morgan fingerprint density at radius 1 is 1.08 bits per heavy atom. The quantitative estimate of drug-likeness (QED) is 0.718. The Kier molecular flexibility index (Phi) is 7.29. The van der Waals surface area contributed by atoms with Gasteiger partial charge in [-0.05, 0) is 48.4 Å². The first kappa shape index (κ1) is 19.6. The van der Waals surface area contributed by atoms with E-state index in [1.807, 2.05) is 0 Å². The van der Waals surface area contributed by atoms with Gasteiger partial charge >= 0.3 is 0 Å². The summed E-state index contributed by atoms with van der Waals surface area (Å²) in [5.74, 6) is 2.04. The van der Waals surface area contributed by atoms with Crippen LogP contribution in [0.15, 0.2) is 42.5 Å². The van der Waals surface area contributed by atoms with Crippen LogP contribution in [0.4, 0.5) is 5.69 Å². The summed E-state index contributed by atoms with van der Waals surface area (Å²) >= 11 is 0. The molecule has 0 saturated heterocycles. The average Bonchev–Trinajstić information content (AvgIpc) is 2.65. The number of hydrogen-bond donors (Lipinski definition) is 2. The lowest BCUT2D eigenvalue weighted by Gasteiger charge is -2.13. The number of carbonyl (C=O) groups excluding carboxylic acids is 1. The number of benzene rings is 2. The molecule has 0 saturated carbocycles. The van der Waals surface area contributed by atoms with E-state index < -0.39 is 0 Å². The van der Waals surface area contributed by atoms with Gasteiger partial charge in [0.15, 0.2) is 11.5 Å². The molecule has 0 radical (unpaired) electrons. The first-order valence-corrected chi connectivity index (χ1v) is 8.58. The van der Waals surface area contributed by atoms with Gasteiger partial charge in [-0.3, -0.25) is 4.79 Å². The number of hydrogen-bond acceptors (Lipinski definition) is 5. The van der Waals surface area contributed by atoms with Crippen molar-refractivity contribution in [1.82, 2.24) is 0 Å². The van der Waals surface area contributed by atoms with Crippen LogP contribution in [0.1, 0.15) is 24.2 Å². The third kappa shape index (κ3) is 5.67. The van der Waals surface area contributed by atoms with E-state index in [2.05, 4.69) is 19.2 Å². The summed E-state index contributed by atoms with van der Waals surface area (Å²) < 4.78 is 16.5. The van der Waals surface area contributed by atoms with Gasteiger partial charge in [0.1, 0.15) is 12.4 Å². The van der Waals surface area contributed by atoms with E-state index in [1.165, 1.54) is 0 Å². The topological polar surface area (TPSA) is 82.8 Å². The Balaban J connectivity index is 2.04. The summed E-state index contributed by atoms with van der Waals surface area (Å²) in [5.41, 5.74) is 6.57. The third-order valence-electron chi connectivity index (χ3n) is 3.50. The molecule has 6 nitrogen and oxygen atoms in total. The lowest BCUT2D eigenvalue weighted by atomic mass is 10.1. The number of nitrogens with one attached hydrogen (secondary N) is 1. The molecule has 0 bridgehead atoms. The van der Waals surface area contributed by atoms with E-state index in [9.17, 15) is 4.79 Å². The van der Waals surface area contributed by atoms with Gasteiger partial charge in [0, 0.05) is 17.8 Å². The van der Waals surface area contributed by atoms with Crippen molar-refractivity contribution in [3.8, 4) is 17.2 Å². The maximum Gasteiger partial charge on any atom is 0.255 e. The fraction of sp³-hybridized carbons (Fsp3) is 0.350. The highest BCUT2D eigenvalue weighted by molar-refractivity contribution is 6.04. The Morgan fingerprint density at radius 3 is 2.42 bits per heavy atom. The number of nitrogens with two attached hydrogens (primary N) is 1. The van der Waals surface area contributed by atoms with E-state index in [-0.39, 0.29) is 5.91 Å². The highest BCUT2D eigenvalue weighted by Gasteiger charge is 2.12. The van der Waals surface area contributed by atoms with Gasteiger partial charge in [-0.15, -0.1) is 0 Å². The molecule has 0 aliphatic heterocycles. The van der Waals surface area contributed by atoms with Gasteiger partial charge in [0.2, 0.25) is 0 Å². The van der Waals surface area contributed by atoms with Gasteiger partial charge in [0.25, 0.3) is 5.91 Å². The summed E-state index contributed by atoms with van der Waals surface area (Å²) in [5, 5.41) is 2.85. The van der Waals surface area contributed by atoms with E-state index in [0.717, 1.165) is 0 Å². The van der Waals surface area contributed by atoms with Gasteiger partial charge < -0.3 is 25.3 Å². The predicted molar refractivity (Wildman–Crippen MR) is 102 cm³/mol. The van der Waals surface area contributed by atoms with Gasteiger partial charge in [-0.1, -0.05) is 13.8 Å². The molecular formula is C20H26N2O4. The van der Waals surface area contributed by atoms with Crippen LogP contribution in [0, 0.1) is 5.92 Å². The van der Waals surface area contributed by atoms with Crippen LogP contribution in [-0.4, -0.2) is 32.8 Å². The van der Waals surface area contributed by atoms with E-state index in [1.54, 1.807) is 49.6 Å². The zero-order valence-corrected chi connectivity index (χ0v) is 15.5. The maximum atomic E-state index is 12.5. The van der Waals surface area contributed by atoms with Gasteiger partial charge in [-0.25, -0.2) is 0 Å². The zero-order chi connectivity index (χ0) is 18.9. The molecule has 0 heterocycles. The number of methoxy groups -OCH3 is 1. The minimum Gasteiger partial charge on any atom is -0.493 e. The normalized spacial score (nSPS) is 10.5. The fourth-order valence-electron chi connectivity index (χ4n) is 2.20. The molecule has 140 valence electrons. The molecule has 0 aliphatic carbocycles. The van der Waals surface area contributed by atoms with Crippen LogP contribution in [0.5, 0.6) is 17.2 Å². The second-order valence-electron chi connectivity index (χ2n) is 6.19. The van der Waals surface area contributed by atoms with Crippen LogP contribution < -0.4 is 25.3 Å². The highest BCUT2D eigenvalue weighted by Crippen LogP contribution is 2.29. The first-order valence-electron chi connectivity index (χ1n) is 8.58. The molecule has 0 unspecified atom stereocenters. The number of anilines is 1. The standard InChI is InChI=1S/C20H26N2O4/c1-14(2)13-26-18-9-4-15(12-19(18)24-3)20(23)22-16-5-7-17(8-6-16)25-11-10-21/h4-9,12,14H,10-11,13,21H2,1-3H3,(H,22,23). The lowest BCUT2D eigenvalue weighted by Crippen LogP contribution is -2.13. The van der Waals surface area contributed by atoms with E-state index in [0.29, 0.717) is 54.2 Å². The Bertz CT molecular complexity index is 714. The van der Waals surface area contributed by atoms with Gasteiger partial charge in [-0.2, -0.15) is 0 Å². The monoisotopic (exact) mass is 358 g/mol.